The molecule has 0 heterocycles. The summed E-state index contributed by atoms with van der Waals surface area (Å²) in [4.78, 5) is 0. The van der Waals surface area contributed by atoms with E-state index in [2.05, 4.69) is 9.44 Å². The maximum Gasteiger partial charge on any atom is 0.276 e. The first-order valence-corrected chi connectivity index (χ1v) is 6.20. The van der Waals surface area contributed by atoms with E-state index in [4.69, 9.17) is 5.11 Å². The Morgan fingerprint density at radius 2 is 1.64 bits per heavy atom. The highest BCUT2D eigenvalue weighted by molar-refractivity contribution is 7.87. The van der Waals surface area contributed by atoms with Gasteiger partial charge in [0.2, 0.25) is 0 Å². The number of hydrogen-bond donors (Lipinski definition) is 3. The molecule has 0 aliphatic rings. The predicted octanol–water partition coefficient (Wildman–Crippen LogP) is -0.305. The van der Waals surface area contributed by atoms with Crippen LogP contribution in [0.5, 0.6) is 0 Å². The lowest BCUT2D eigenvalue weighted by Crippen LogP contribution is -2.40. The van der Waals surface area contributed by atoms with Gasteiger partial charge in [-0.25, -0.2) is 9.44 Å². The van der Waals surface area contributed by atoms with E-state index >= 15 is 0 Å². The van der Waals surface area contributed by atoms with E-state index in [0.717, 1.165) is 0 Å². The van der Waals surface area contributed by atoms with E-state index in [9.17, 15) is 8.42 Å². The molecule has 0 fully saturated rings. The SMILES string of the molecule is CC(C)CNS(=O)(=O)NCC(C)CO. The van der Waals surface area contributed by atoms with E-state index in [1.165, 1.54) is 0 Å². The largest absolute Gasteiger partial charge is 0.396 e. The molecular formula is C8H20N2O3S. The van der Waals surface area contributed by atoms with Crippen LogP contribution in [0.3, 0.4) is 0 Å². The Labute approximate surface area is 86.1 Å². The Morgan fingerprint density at radius 3 is 2.07 bits per heavy atom. The van der Waals surface area contributed by atoms with Gasteiger partial charge in [-0.2, -0.15) is 8.42 Å². The first kappa shape index (κ1) is 13.8. The van der Waals surface area contributed by atoms with Crippen molar-refractivity contribution >= 4 is 10.2 Å². The average Bonchev–Trinajstić information content (AvgIpc) is 2.11. The van der Waals surface area contributed by atoms with Crippen molar-refractivity contribution in [1.82, 2.24) is 9.44 Å². The zero-order chi connectivity index (χ0) is 11.2. The summed E-state index contributed by atoms with van der Waals surface area (Å²) >= 11 is 0. The lowest BCUT2D eigenvalue weighted by atomic mass is 10.2. The van der Waals surface area contributed by atoms with Gasteiger partial charge in [-0.05, 0) is 11.8 Å². The van der Waals surface area contributed by atoms with Gasteiger partial charge in [0.1, 0.15) is 0 Å². The maximum absolute atomic E-state index is 11.3. The molecular weight excluding hydrogens is 204 g/mol. The second-order valence-electron chi connectivity index (χ2n) is 3.88. The Morgan fingerprint density at radius 1 is 1.14 bits per heavy atom. The molecule has 0 rings (SSSR count). The minimum absolute atomic E-state index is 0.0211. The molecule has 5 nitrogen and oxygen atoms in total. The van der Waals surface area contributed by atoms with E-state index in [0.29, 0.717) is 6.54 Å². The fourth-order valence-corrected chi connectivity index (χ4v) is 1.80. The molecule has 1 atom stereocenters. The Bertz CT molecular complexity index is 239. The quantitative estimate of drug-likeness (QED) is 0.555. The number of nitrogens with one attached hydrogen (secondary N) is 2. The summed E-state index contributed by atoms with van der Waals surface area (Å²) in [5, 5.41) is 8.69. The molecule has 6 heteroatoms. The fraction of sp³-hybridized carbons (Fsp3) is 1.00. The molecule has 0 aliphatic carbocycles. The van der Waals surface area contributed by atoms with Crippen LogP contribution in [0.4, 0.5) is 0 Å². The first-order valence-electron chi connectivity index (χ1n) is 4.72. The normalized spacial score (nSPS) is 14.6. The van der Waals surface area contributed by atoms with Gasteiger partial charge in [0.15, 0.2) is 0 Å². The van der Waals surface area contributed by atoms with Gasteiger partial charge in [0.25, 0.3) is 10.2 Å². The summed E-state index contributed by atoms with van der Waals surface area (Å²) in [7, 11) is -3.39. The second-order valence-corrected chi connectivity index (χ2v) is 5.47. The third-order valence-electron chi connectivity index (χ3n) is 1.62. The summed E-state index contributed by atoms with van der Waals surface area (Å²) in [6.45, 7) is 6.28. The van der Waals surface area contributed by atoms with Crippen molar-refractivity contribution < 1.29 is 13.5 Å². The zero-order valence-electron chi connectivity index (χ0n) is 8.95. The van der Waals surface area contributed by atoms with Gasteiger partial charge >= 0.3 is 0 Å². The van der Waals surface area contributed by atoms with Gasteiger partial charge in [-0.15, -0.1) is 0 Å². The summed E-state index contributed by atoms with van der Waals surface area (Å²) in [5.74, 6) is 0.215. The Kier molecular flexibility index (Phi) is 6.26. The van der Waals surface area contributed by atoms with E-state index in [-0.39, 0.29) is 25.0 Å². The van der Waals surface area contributed by atoms with Gasteiger partial charge in [-0.1, -0.05) is 20.8 Å². The molecule has 0 aromatic rings. The molecule has 0 saturated carbocycles. The third kappa shape index (κ3) is 7.25. The van der Waals surface area contributed by atoms with Gasteiger partial charge in [0, 0.05) is 19.7 Å². The highest BCUT2D eigenvalue weighted by Gasteiger charge is 2.10. The number of rotatable bonds is 7. The van der Waals surface area contributed by atoms with E-state index in [1.54, 1.807) is 6.92 Å². The van der Waals surface area contributed by atoms with Crippen molar-refractivity contribution in [2.24, 2.45) is 11.8 Å². The van der Waals surface area contributed by atoms with Gasteiger partial charge < -0.3 is 5.11 Å². The molecule has 0 bridgehead atoms. The molecule has 0 radical (unpaired) electrons. The smallest absolute Gasteiger partial charge is 0.276 e. The number of hydrogen-bond acceptors (Lipinski definition) is 3. The molecule has 86 valence electrons. The van der Waals surface area contributed by atoms with Crippen LogP contribution in [0.1, 0.15) is 20.8 Å². The maximum atomic E-state index is 11.3. The zero-order valence-corrected chi connectivity index (χ0v) is 9.76. The third-order valence-corrected chi connectivity index (χ3v) is 2.71. The highest BCUT2D eigenvalue weighted by atomic mass is 32.2. The number of aliphatic hydroxyl groups is 1. The minimum Gasteiger partial charge on any atom is -0.396 e. The van der Waals surface area contributed by atoms with Gasteiger partial charge in [0.05, 0.1) is 0 Å². The van der Waals surface area contributed by atoms with Crippen LogP contribution in [0.25, 0.3) is 0 Å². The molecule has 3 N–H and O–H groups in total. The van der Waals surface area contributed by atoms with Crippen molar-refractivity contribution in [3.8, 4) is 0 Å². The van der Waals surface area contributed by atoms with Crippen LogP contribution in [-0.4, -0.2) is 33.2 Å². The summed E-state index contributed by atoms with van der Waals surface area (Å²) in [6.07, 6.45) is 0. The fourth-order valence-electron chi connectivity index (χ4n) is 0.644. The van der Waals surface area contributed by atoms with Crippen LogP contribution in [-0.2, 0) is 10.2 Å². The van der Waals surface area contributed by atoms with Crippen molar-refractivity contribution in [2.45, 2.75) is 20.8 Å². The molecule has 0 amide bonds. The molecule has 0 aliphatic heterocycles. The summed E-state index contributed by atoms with van der Waals surface area (Å²) in [5.41, 5.74) is 0. The monoisotopic (exact) mass is 224 g/mol. The topological polar surface area (TPSA) is 78.4 Å². The van der Waals surface area contributed by atoms with Crippen molar-refractivity contribution in [1.29, 1.82) is 0 Å². The Hall–Kier alpha value is -0.170. The van der Waals surface area contributed by atoms with E-state index in [1.807, 2.05) is 13.8 Å². The van der Waals surface area contributed by atoms with Crippen LogP contribution in [0.2, 0.25) is 0 Å². The second kappa shape index (κ2) is 6.34. The van der Waals surface area contributed by atoms with Gasteiger partial charge in [-0.3, -0.25) is 0 Å². The summed E-state index contributed by atoms with van der Waals surface area (Å²) in [6, 6.07) is 0. The van der Waals surface area contributed by atoms with Crippen molar-refractivity contribution in [2.75, 3.05) is 19.7 Å². The number of aliphatic hydroxyl groups excluding tert-OH is 1. The van der Waals surface area contributed by atoms with Crippen molar-refractivity contribution in [3.05, 3.63) is 0 Å². The minimum atomic E-state index is -3.39. The van der Waals surface area contributed by atoms with E-state index < -0.39 is 10.2 Å². The van der Waals surface area contributed by atoms with Crippen molar-refractivity contribution in [3.63, 3.8) is 0 Å². The first-order chi connectivity index (χ1) is 6.37. The average molecular weight is 224 g/mol. The Balaban J connectivity index is 3.84. The van der Waals surface area contributed by atoms with Crippen LogP contribution in [0.15, 0.2) is 0 Å². The highest BCUT2D eigenvalue weighted by Crippen LogP contribution is 1.92. The summed E-state index contributed by atoms with van der Waals surface area (Å²) < 4.78 is 27.3. The van der Waals surface area contributed by atoms with Crippen LogP contribution < -0.4 is 9.44 Å². The molecule has 14 heavy (non-hydrogen) atoms. The lowest BCUT2D eigenvalue weighted by molar-refractivity contribution is 0.238. The molecule has 0 aromatic carbocycles. The van der Waals surface area contributed by atoms with Crippen LogP contribution in [0, 0.1) is 11.8 Å². The molecule has 0 spiro atoms. The molecule has 1 unspecified atom stereocenters. The molecule has 0 saturated heterocycles. The molecule has 0 aromatic heterocycles. The van der Waals surface area contributed by atoms with Crippen LogP contribution >= 0.6 is 0 Å². The predicted molar refractivity (Wildman–Crippen MR) is 56.0 cm³/mol. The standard InChI is InChI=1S/C8H20N2O3S/c1-7(2)4-9-14(12,13)10-5-8(3)6-11/h7-11H,4-6H2,1-3H3. The lowest BCUT2D eigenvalue weighted by Gasteiger charge is -2.12.